The van der Waals surface area contributed by atoms with Gasteiger partial charge < -0.3 is 21.5 Å². The molecule has 0 radical (unpaired) electrons. The second kappa shape index (κ2) is 14.1. The summed E-state index contributed by atoms with van der Waals surface area (Å²) in [7, 11) is 1.56. The van der Waals surface area contributed by atoms with Crippen molar-refractivity contribution in [3.63, 3.8) is 0 Å². The summed E-state index contributed by atoms with van der Waals surface area (Å²) in [5.74, 6) is -0.848. The Hall–Kier alpha value is -2.01. The molecule has 0 aliphatic rings. The Morgan fingerprint density at radius 1 is 1.23 bits per heavy atom. The van der Waals surface area contributed by atoms with E-state index in [2.05, 4.69) is 26.7 Å². The van der Waals surface area contributed by atoms with Crippen molar-refractivity contribution in [2.24, 2.45) is 17.4 Å². The number of likely N-dealkylation sites (N-methyl/N-ethyl adjacent to an activating group) is 1. The quantitative estimate of drug-likeness (QED) is 0.235. The summed E-state index contributed by atoms with van der Waals surface area (Å²) in [5, 5.41) is 4.14. The number of nitrogens with two attached hydrogens (primary N) is 2. The van der Waals surface area contributed by atoms with E-state index in [1.807, 2.05) is 38.1 Å². The monoisotopic (exact) mass is 499 g/mol. The summed E-state index contributed by atoms with van der Waals surface area (Å²) in [4.78, 5) is 36.6. The molecule has 0 saturated carbocycles. The van der Waals surface area contributed by atoms with E-state index in [0.717, 1.165) is 10.0 Å². The number of nitrogens with zero attached hydrogens (tertiary/aromatic N) is 1. The number of hydrazine groups is 1. The molecule has 31 heavy (non-hydrogen) atoms. The lowest BCUT2D eigenvalue weighted by Crippen LogP contribution is -2.49. The van der Waals surface area contributed by atoms with Crippen molar-refractivity contribution in [2.45, 2.75) is 51.8 Å². The molecule has 0 aromatic heterocycles. The van der Waals surface area contributed by atoms with Gasteiger partial charge in [-0.15, -0.1) is 0 Å². The molecule has 0 aliphatic carbocycles. The van der Waals surface area contributed by atoms with Gasteiger partial charge in [0.05, 0.1) is 6.04 Å². The van der Waals surface area contributed by atoms with Crippen LogP contribution < -0.4 is 22.2 Å². The molecule has 0 saturated heterocycles. The van der Waals surface area contributed by atoms with E-state index in [0.29, 0.717) is 19.4 Å². The maximum absolute atomic E-state index is 12.3. The third kappa shape index (κ3) is 11.3. The number of benzene rings is 1. The summed E-state index contributed by atoms with van der Waals surface area (Å²) in [6.07, 6.45) is 1.01. The molecule has 2 atom stereocenters. The second-order valence-electron chi connectivity index (χ2n) is 7.87. The molecule has 10 heteroatoms. The van der Waals surface area contributed by atoms with Crippen LogP contribution in [0.5, 0.6) is 0 Å². The first-order valence-electron chi connectivity index (χ1n) is 10.3. The Kier molecular flexibility index (Phi) is 12.3. The average molecular weight is 500 g/mol. The number of carbonyl (C=O) groups is 3. The van der Waals surface area contributed by atoms with Crippen molar-refractivity contribution >= 4 is 33.7 Å². The van der Waals surface area contributed by atoms with Crippen LogP contribution >= 0.6 is 15.9 Å². The molecular formula is C21H34BrN5O4. The first-order chi connectivity index (χ1) is 14.6. The number of halogens is 1. The van der Waals surface area contributed by atoms with Crippen LogP contribution in [0, 0.1) is 5.92 Å². The lowest BCUT2D eigenvalue weighted by Gasteiger charge is -2.23. The van der Waals surface area contributed by atoms with Crippen molar-refractivity contribution < 1.29 is 19.1 Å². The van der Waals surface area contributed by atoms with E-state index in [1.54, 1.807) is 7.05 Å². The highest BCUT2D eigenvalue weighted by Gasteiger charge is 2.21. The first kappa shape index (κ1) is 27.0. The molecule has 0 spiro atoms. The van der Waals surface area contributed by atoms with Crippen LogP contribution in [-0.2, 0) is 25.7 Å². The number of hydrogen-bond acceptors (Lipinski definition) is 7. The predicted molar refractivity (Wildman–Crippen MR) is 122 cm³/mol. The standard InChI is InChI=1S/C21H34BrN5O4/c1-14(2)10-18(24)21(30)25-16(8-9-23)11-19(28)26-27(3)12-20(29)31-13-15-6-4-5-7-17(15)22/h4-7,14,16,18H,8-13,23-24H2,1-3H3,(H,25,30)(H,26,28)/t16-,18-/m0/s1. The minimum absolute atomic E-state index is 0.0215. The summed E-state index contributed by atoms with van der Waals surface area (Å²) in [5.41, 5.74) is 15.0. The molecule has 2 amide bonds. The van der Waals surface area contributed by atoms with E-state index in [-0.39, 0.29) is 37.3 Å². The molecule has 0 unspecified atom stereocenters. The highest BCUT2D eigenvalue weighted by Crippen LogP contribution is 2.16. The number of nitrogens with one attached hydrogen (secondary N) is 2. The van der Waals surface area contributed by atoms with Crippen molar-refractivity contribution in [3.05, 3.63) is 34.3 Å². The zero-order chi connectivity index (χ0) is 23.4. The van der Waals surface area contributed by atoms with Crippen LogP contribution in [-0.4, -0.2) is 55.0 Å². The average Bonchev–Trinajstić information content (AvgIpc) is 2.66. The minimum atomic E-state index is -0.634. The summed E-state index contributed by atoms with van der Waals surface area (Å²) in [6, 6.07) is 6.37. The van der Waals surface area contributed by atoms with Gasteiger partial charge in [0.15, 0.2) is 0 Å². The number of ether oxygens (including phenoxy) is 1. The second-order valence-corrected chi connectivity index (χ2v) is 8.72. The highest BCUT2D eigenvalue weighted by molar-refractivity contribution is 9.10. The number of amides is 2. The van der Waals surface area contributed by atoms with Gasteiger partial charge >= 0.3 is 5.97 Å². The Morgan fingerprint density at radius 2 is 1.90 bits per heavy atom. The number of rotatable bonds is 13. The van der Waals surface area contributed by atoms with Crippen molar-refractivity contribution in [3.8, 4) is 0 Å². The minimum Gasteiger partial charge on any atom is -0.460 e. The third-order valence-electron chi connectivity index (χ3n) is 4.38. The molecule has 0 heterocycles. The van der Waals surface area contributed by atoms with E-state index in [4.69, 9.17) is 16.2 Å². The van der Waals surface area contributed by atoms with Gasteiger partial charge in [-0.25, -0.2) is 5.01 Å². The Morgan fingerprint density at radius 3 is 2.52 bits per heavy atom. The fourth-order valence-electron chi connectivity index (χ4n) is 2.88. The molecule has 1 aromatic rings. The molecule has 6 N–H and O–H groups in total. The zero-order valence-corrected chi connectivity index (χ0v) is 20.0. The van der Waals surface area contributed by atoms with Gasteiger partial charge in [-0.1, -0.05) is 48.0 Å². The molecule has 9 nitrogen and oxygen atoms in total. The van der Waals surface area contributed by atoms with Crippen LogP contribution in [0.15, 0.2) is 28.7 Å². The van der Waals surface area contributed by atoms with Gasteiger partial charge in [0.25, 0.3) is 0 Å². The van der Waals surface area contributed by atoms with Crippen LogP contribution in [0.25, 0.3) is 0 Å². The summed E-state index contributed by atoms with van der Waals surface area (Å²) < 4.78 is 6.09. The normalized spacial score (nSPS) is 13.0. The van der Waals surface area contributed by atoms with Crippen molar-refractivity contribution in [1.29, 1.82) is 0 Å². The smallest absolute Gasteiger partial charge is 0.322 e. The van der Waals surface area contributed by atoms with Crippen LogP contribution in [0.2, 0.25) is 0 Å². The Balaban J connectivity index is 2.45. The Labute approximate surface area is 192 Å². The molecule has 1 aromatic carbocycles. The molecule has 0 aliphatic heterocycles. The molecule has 0 bridgehead atoms. The number of carbonyl (C=O) groups excluding carboxylic acids is 3. The maximum atomic E-state index is 12.3. The highest BCUT2D eigenvalue weighted by atomic mass is 79.9. The van der Waals surface area contributed by atoms with E-state index < -0.39 is 18.1 Å². The number of esters is 1. The van der Waals surface area contributed by atoms with Gasteiger partial charge in [0, 0.05) is 29.5 Å². The van der Waals surface area contributed by atoms with Crippen LogP contribution in [0.3, 0.4) is 0 Å². The van der Waals surface area contributed by atoms with Crippen molar-refractivity contribution in [1.82, 2.24) is 15.8 Å². The van der Waals surface area contributed by atoms with Gasteiger partial charge in [-0.3, -0.25) is 19.8 Å². The molecular weight excluding hydrogens is 466 g/mol. The van der Waals surface area contributed by atoms with Gasteiger partial charge in [0.2, 0.25) is 11.8 Å². The van der Waals surface area contributed by atoms with Gasteiger partial charge in [-0.05, 0) is 31.4 Å². The van der Waals surface area contributed by atoms with E-state index in [9.17, 15) is 14.4 Å². The summed E-state index contributed by atoms with van der Waals surface area (Å²) >= 11 is 3.40. The largest absolute Gasteiger partial charge is 0.460 e. The fraction of sp³-hybridized carbons (Fsp3) is 0.571. The lowest BCUT2D eigenvalue weighted by atomic mass is 10.0. The predicted octanol–water partition coefficient (Wildman–Crippen LogP) is 1.05. The van der Waals surface area contributed by atoms with Gasteiger partial charge in [-0.2, -0.15) is 0 Å². The van der Waals surface area contributed by atoms with Crippen molar-refractivity contribution in [2.75, 3.05) is 20.1 Å². The van der Waals surface area contributed by atoms with Gasteiger partial charge in [0.1, 0.15) is 13.2 Å². The molecule has 1 rings (SSSR count). The fourth-order valence-corrected chi connectivity index (χ4v) is 3.28. The topological polar surface area (TPSA) is 140 Å². The Bertz CT molecular complexity index is 731. The van der Waals surface area contributed by atoms with Crippen LogP contribution in [0.1, 0.15) is 38.7 Å². The third-order valence-corrected chi connectivity index (χ3v) is 5.16. The first-order valence-corrected chi connectivity index (χ1v) is 11.1. The molecule has 174 valence electrons. The molecule has 0 fully saturated rings. The zero-order valence-electron chi connectivity index (χ0n) is 18.4. The number of hydrogen-bond donors (Lipinski definition) is 4. The SMILES string of the molecule is CC(C)C[C@H](N)C(=O)N[C@@H](CCN)CC(=O)NN(C)CC(=O)OCc1ccccc1Br. The maximum Gasteiger partial charge on any atom is 0.322 e. The van der Waals surface area contributed by atoms with E-state index >= 15 is 0 Å². The van der Waals surface area contributed by atoms with Crippen LogP contribution in [0.4, 0.5) is 0 Å². The lowest BCUT2D eigenvalue weighted by molar-refractivity contribution is -0.147. The summed E-state index contributed by atoms with van der Waals surface area (Å²) in [6.45, 7) is 4.29. The van der Waals surface area contributed by atoms with E-state index in [1.165, 1.54) is 5.01 Å².